The number of amides is 1. The standard InChI is InChI=1S/C18H17F3N2O3S/c1-27(25,26)23-9-8-12-4-7-16(10-14(12)11-23)22-17(24)13-2-5-15(6-3-13)18(19,20)21/h2-7,10H,8-9,11H2,1H3,(H,22,24). The quantitative estimate of drug-likeness (QED) is 0.863. The summed E-state index contributed by atoms with van der Waals surface area (Å²) in [6.45, 7) is 0.626. The first-order valence-corrected chi connectivity index (χ1v) is 9.94. The molecular formula is C18H17F3N2O3S. The fourth-order valence-electron chi connectivity index (χ4n) is 2.91. The van der Waals surface area contributed by atoms with Crippen LogP contribution in [0.4, 0.5) is 18.9 Å². The molecule has 1 N–H and O–H groups in total. The first-order valence-electron chi connectivity index (χ1n) is 8.09. The van der Waals surface area contributed by atoms with Gasteiger partial charge in [0.05, 0.1) is 11.8 Å². The second-order valence-corrected chi connectivity index (χ2v) is 8.34. The van der Waals surface area contributed by atoms with Gasteiger partial charge in [0.25, 0.3) is 5.91 Å². The average Bonchev–Trinajstić information content (AvgIpc) is 2.59. The molecule has 9 heteroatoms. The Morgan fingerprint density at radius 1 is 1.07 bits per heavy atom. The maximum Gasteiger partial charge on any atom is 0.416 e. The largest absolute Gasteiger partial charge is 0.416 e. The molecule has 0 saturated heterocycles. The summed E-state index contributed by atoms with van der Waals surface area (Å²) in [4.78, 5) is 12.3. The van der Waals surface area contributed by atoms with Gasteiger partial charge < -0.3 is 5.32 Å². The highest BCUT2D eigenvalue weighted by molar-refractivity contribution is 7.88. The van der Waals surface area contributed by atoms with E-state index < -0.39 is 27.7 Å². The van der Waals surface area contributed by atoms with Crippen molar-refractivity contribution in [2.45, 2.75) is 19.1 Å². The van der Waals surface area contributed by atoms with Crippen molar-refractivity contribution in [2.24, 2.45) is 0 Å². The number of nitrogens with one attached hydrogen (secondary N) is 1. The molecule has 0 fully saturated rings. The van der Waals surface area contributed by atoms with Crippen LogP contribution in [0.2, 0.25) is 0 Å². The molecule has 27 heavy (non-hydrogen) atoms. The van der Waals surface area contributed by atoms with Gasteiger partial charge in [0.15, 0.2) is 0 Å². The van der Waals surface area contributed by atoms with Crippen LogP contribution < -0.4 is 5.32 Å². The van der Waals surface area contributed by atoms with Crippen LogP contribution in [0.1, 0.15) is 27.0 Å². The lowest BCUT2D eigenvalue weighted by molar-refractivity contribution is -0.137. The van der Waals surface area contributed by atoms with E-state index in [1.807, 2.05) is 6.07 Å². The minimum absolute atomic E-state index is 0.0958. The number of carbonyl (C=O) groups is 1. The van der Waals surface area contributed by atoms with Crippen LogP contribution in [0.25, 0.3) is 0 Å². The molecule has 0 bridgehead atoms. The molecule has 0 atom stereocenters. The number of alkyl halides is 3. The fourth-order valence-corrected chi connectivity index (χ4v) is 3.70. The van der Waals surface area contributed by atoms with Gasteiger partial charge in [-0.3, -0.25) is 4.79 Å². The Kier molecular flexibility index (Phi) is 5.00. The highest BCUT2D eigenvalue weighted by atomic mass is 32.2. The maximum atomic E-state index is 12.6. The van der Waals surface area contributed by atoms with Crippen molar-refractivity contribution in [1.29, 1.82) is 0 Å². The molecule has 3 rings (SSSR count). The van der Waals surface area contributed by atoms with E-state index in [4.69, 9.17) is 0 Å². The van der Waals surface area contributed by atoms with Crippen molar-refractivity contribution >= 4 is 21.6 Å². The molecule has 144 valence electrons. The summed E-state index contributed by atoms with van der Waals surface area (Å²) < 4.78 is 62.6. The highest BCUT2D eigenvalue weighted by Gasteiger charge is 2.30. The Morgan fingerprint density at radius 3 is 2.33 bits per heavy atom. The summed E-state index contributed by atoms with van der Waals surface area (Å²) in [6, 6.07) is 9.13. The lowest BCUT2D eigenvalue weighted by Crippen LogP contribution is -2.35. The van der Waals surface area contributed by atoms with E-state index in [-0.39, 0.29) is 12.1 Å². The summed E-state index contributed by atoms with van der Waals surface area (Å²) in [5, 5.41) is 2.63. The molecular weight excluding hydrogens is 381 g/mol. The number of fused-ring (bicyclic) bond motifs is 1. The summed E-state index contributed by atoms with van der Waals surface area (Å²) in [6.07, 6.45) is -2.73. The predicted molar refractivity (Wildman–Crippen MR) is 94.8 cm³/mol. The number of sulfonamides is 1. The minimum Gasteiger partial charge on any atom is -0.322 e. The predicted octanol–water partition coefficient (Wildman–Crippen LogP) is 3.28. The van der Waals surface area contributed by atoms with Crippen molar-refractivity contribution in [1.82, 2.24) is 4.31 Å². The molecule has 1 aliphatic rings. The number of rotatable bonds is 3. The van der Waals surface area contributed by atoms with E-state index in [1.54, 1.807) is 12.1 Å². The molecule has 2 aromatic rings. The second kappa shape index (κ2) is 6.97. The Hall–Kier alpha value is -2.39. The first-order chi connectivity index (χ1) is 12.5. The Bertz CT molecular complexity index is 970. The van der Waals surface area contributed by atoms with Gasteiger partial charge in [0, 0.05) is 24.3 Å². The number of nitrogens with zero attached hydrogens (tertiary/aromatic N) is 1. The van der Waals surface area contributed by atoms with Gasteiger partial charge in [-0.2, -0.15) is 17.5 Å². The van der Waals surface area contributed by atoms with E-state index >= 15 is 0 Å². The zero-order valence-corrected chi connectivity index (χ0v) is 15.2. The van der Waals surface area contributed by atoms with E-state index in [0.29, 0.717) is 18.7 Å². The molecule has 0 aliphatic carbocycles. The molecule has 1 aliphatic heterocycles. The summed E-state index contributed by atoms with van der Waals surface area (Å²) in [5.41, 5.74) is 1.51. The monoisotopic (exact) mass is 398 g/mol. The van der Waals surface area contributed by atoms with Crippen LogP contribution in [0.3, 0.4) is 0 Å². The van der Waals surface area contributed by atoms with E-state index in [2.05, 4.69) is 5.32 Å². The van der Waals surface area contributed by atoms with Gasteiger partial charge in [0.2, 0.25) is 10.0 Å². The zero-order valence-electron chi connectivity index (χ0n) is 14.4. The van der Waals surface area contributed by atoms with Crippen LogP contribution in [-0.2, 0) is 29.2 Å². The highest BCUT2D eigenvalue weighted by Crippen LogP contribution is 2.29. The topological polar surface area (TPSA) is 66.5 Å². The van der Waals surface area contributed by atoms with Gasteiger partial charge in [-0.05, 0) is 53.9 Å². The summed E-state index contributed by atoms with van der Waals surface area (Å²) in [7, 11) is -3.31. The van der Waals surface area contributed by atoms with Crippen LogP contribution in [-0.4, -0.2) is 31.4 Å². The number of halogens is 3. The third kappa shape index (κ3) is 4.48. The number of carbonyl (C=O) groups excluding carboxylic acids is 1. The van der Waals surface area contributed by atoms with Crippen molar-refractivity contribution in [3.8, 4) is 0 Å². The summed E-state index contributed by atoms with van der Waals surface area (Å²) in [5.74, 6) is -0.542. The molecule has 1 heterocycles. The van der Waals surface area contributed by atoms with Crippen molar-refractivity contribution < 1.29 is 26.4 Å². The smallest absolute Gasteiger partial charge is 0.322 e. The number of hydrogen-bond acceptors (Lipinski definition) is 3. The van der Waals surface area contributed by atoms with Crippen LogP contribution in [0, 0.1) is 0 Å². The normalized spacial score (nSPS) is 15.3. The van der Waals surface area contributed by atoms with Gasteiger partial charge in [0.1, 0.15) is 0 Å². The van der Waals surface area contributed by atoms with Crippen LogP contribution in [0.5, 0.6) is 0 Å². The van der Waals surface area contributed by atoms with Crippen molar-refractivity contribution in [3.63, 3.8) is 0 Å². The SMILES string of the molecule is CS(=O)(=O)N1CCc2ccc(NC(=O)c3ccc(C(F)(F)F)cc3)cc2C1. The molecule has 5 nitrogen and oxygen atoms in total. The van der Waals surface area contributed by atoms with Crippen LogP contribution >= 0.6 is 0 Å². The van der Waals surface area contributed by atoms with Crippen LogP contribution in [0.15, 0.2) is 42.5 Å². The third-order valence-electron chi connectivity index (χ3n) is 4.38. The van der Waals surface area contributed by atoms with Gasteiger partial charge in [-0.25, -0.2) is 8.42 Å². The molecule has 2 aromatic carbocycles. The second-order valence-electron chi connectivity index (χ2n) is 6.36. The molecule has 0 spiro atoms. The summed E-state index contributed by atoms with van der Waals surface area (Å²) >= 11 is 0. The molecule has 0 aromatic heterocycles. The fraction of sp³-hybridized carbons (Fsp3) is 0.278. The van der Waals surface area contributed by atoms with Crippen molar-refractivity contribution in [3.05, 3.63) is 64.7 Å². The first kappa shape index (κ1) is 19.4. The van der Waals surface area contributed by atoms with Gasteiger partial charge >= 0.3 is 6.18 Å². The van der Waals surface area contributed by atoms with E-state index in [9.17, 15) is 26.4 Å². The van der Waals surface area contributed by atoms with Crippen molar-refractivity contribution in [2.75, 3.05) is 18.1 Å². The van der Waals surface area contributed by atoms with Gasteiger partial charge in [-0.15, -0.1) is 0 Å². The number of hydrogen-bond donors (Lipinski definition) is 1. The van der Waals surface area contributed by atoms with E-state index in [0.717, 1.165) is 41.6 Å². The number of anilines is 1. The Labute approximate surface area is 154 Å². The van der Waals surface area contributed by atoms with Gasteiger partial charge in [-0.1, -0.05) is 6.07 Å². The lowest BCUT2D eigenvalue weighted by Gasteiger charge is -2.27. The molecule has 1 amide bonds. The maximum absolute atomic E-state index is 12.6. The van der Waals surface area contributed by atoms with E-state index in [1.165, 1.54) is 4.31 Å². The Morgan fingerprint density at radius 2 is 1.74 bits per heavy atom. The molecule has 0 unspecified atom stereocenters. The Balaban J connectivity index is 1.76. The molecule has 0 radical (unpaired) electrons. The average molecular weight is 398 g/mol. The zero-order chi connectivity index (χ0) is 19.8. The lowest BCUT2D eigenvalue weighted by atomic mass is 10.0. The minimum atomic E-state index is -4.46. The third-order valence-corrected chi connectivity index (χ3v) is 5.63. The molecule has 0 saturated carbocycles. The number of benzene rings is 2.